The molecule has 0 bridgehead atoms. The van der Waals surface area contributed by atoms with Crippen LogP contribution in [0.25, 0.3) is 0 Å². The van der Waals surface area contributed by atoms with E-state index >= 15 is 0 Å². The number of carbonyl (C=O) groups excluding carboxylic acids is 1. The maximum absolute atomic E-state index is 10.6. The van der Waals surface area contributed by atoms with Crippen LogP contribution in [0, 0.1) is 0 Å². The van der Waals surface area contributed by atoms with Gasteiger partial charge in [-0.05, 0) is 17.7 Å². The molecule has 0 radical (unpaired) electrons. The number of carbonyl (C=O) groups is 1. The quantitative estimate of drug-likeness (QED) is 0.474. The Morgan fingerprint density at radius 2 is 1.92 bits per heavy atom. The third kappa shape index (κ3) is 1.13. The molecule has 1 aliphatic rings. The minimum atomic E-state index is 0.122. The van der Waals surface area contributed by atoms with Gasteiger partial charge in [0, 0.05) is 5.69 Å². The average molecular weight is 162 g/mol. The van der Waals surface area contributed by atoms with E-state index < -0.39 is 0 Å². The van der Waals surface area contributed by atoms with Crippen LogP contribution in [-0.2, 0) is 4.79 Å². The second kappa shape index (κ2) is 2.52. The first-order chi connectivity index (χ1) is 5.75. The Morgan fingerprint density at radius 3 is 2.42 bits per heavy atom. The first-order valence-electron chi connectivity index (χ1n) is 3.90. The molecule has 0 aromatic heterocycles. The summed E-state index contributed by atoms with van der Waals surface area (Å²) in [4.78, 5) is 10.6. The molecule has 3 N–H and O–H groups in total. The van der Waals surface area contributed by atoms with Gasteiger partial charge >= 0.3 is 0 Å². The molecule has 1 atom stereocenters. The van der Waals surface area contributed by atoms with Gasteiger partial charge in [0.2, 0.25) is 5.91 Å². The second-order valence-corrected chi connectivity index (χ2v) is 2.99. The summed E-state index contributed by atoms with van der Waals surface area (Å²) in [5.41, 5.74) is 7.41. The fourth-order valence-corrected chi connectivity index (χ4v) is 1.29. The number of β-lactam (4-membered cyclic amide) rings is 1. The van der Waals surface area contributed by atoms with E-state index in [1.54, 1.807) is 0 Å². The summed E-state index contributed by atoms with van der Waals surface area (Å²) < 4.78 is 0. The van der Waals surface area contributed by atoms with Crippen molar-refractivity contribution >= 4 is 11.6 Å². The molecule has 1 amide bonds. The first kappa shape index (κ1) is 7.16. The van der Waals surface area contributed by atoms with Gasteiger partial charge in [-0.15, -0.1) is 0 Å². The minimum absolute atomic E-state index is 0.122. The maximum Gasteiger partial charge on any atom is 0.222 e. The van der Waals surface area contributed by atoms with Crippen LogP contribution in [0.3, 0.4) is 0 Å². The molecular formula is C9H10N2O. The maximum atomic E-state index is 10.6. The normalized spacial score (nSPS) is 21.3. The lowest BCUT2D eigenvalue weighted by Gasteiger charge is -2.27. The highest BCUT2D eigenvalue weighted by molar-refractivity contribution is 5.83. The summed E-state index contributed by atoms with van der Waals surface area (Å²) in [6.45, 7) is 0. The Labute approximate surface area is 70.6 Å². The summed E-state index contributed by atoms with van der Waals surface area (Å²) in [5, 5.41) is 2.80. The number of hydrogen-bond donors (Lipinski definition) is 2. The van der Waals surface area contributed by atoms with Gasteiger partial charge in [0.15, 0.2) is 0 Å². The van der Waals surface area contributed by atoms with Gasteiger partial charge in [0.05, 0.1) is 12.5 Å². The predicted molar refractivity (Wildman–Crippen MR) is 46.4 cm³/mol. The van der Waals surface area contributed by atoms with Crippen LogP contribution in [0.2, 0.25) is 0 Å². The molecular weight excluding hydrogens is 152 g/mol. The van der Waals surface area contributed by atoms with Gasteiger partial charge in [0.25, 0.3) is 0 Å². The summed E-state index contributed by atoms with van der Waals surface area (Å²) >= 11 is 0. The molecule has 0 saturated carbocycles. The number of hydrogen-bond acceptors (Lipinski definition) is 2. The number of benzene rings is 1. The first-order valence-corrected chi connectivity index (χ1v) is 3.90. The van der Waals surface area contributed by atoms with Gasteiger partial charge in [-0.25, -0.2) is 0 Å². The fraction of sp³-hybridized carbons (Fsp3) is 0.222. The lowest BCUT2D eigenvalue weighted by molar-refractivity contribution is -0.128. The number of nitrogens with one attached hydrogen (secondary N) is 1. The molecule has 3 nitrogen and oxygen atoms in total. The predicted octanol–water partition coefficient (Wildman–Crippen LogP) is 0.830. The zero-order valence-corrected chi connectivity index (χ0v) is 6.58. The van der Waals surface area contributed by atoms with Gasteiger partial charge in [-0.3, -0.25) is 4.79 Å². The van der Waals surface area contributed by atoms with E-state index in [0.717, 1.165) is 11.3 Å². The summed E-state index contributed by atoms with van der Waals surface area (Å²) in [7, 11) is 0. The van der Waals surface area contributed by atoms with Crippen LogP contribution in [0.15, 0.2) is 24.3 Å². The topological polar surface area (TPSA) is 55.1 Å². The molecule has 62 valence electrons. The van der Waals surface area contributed by atoms with Gasteiger partial charge in [-0.2, -0.15) is 0 Å². The van der Waals surface area contributed by atoms with E-state index in [4.69, 9.17) is 5.73 Å². The van der Waals surface area contributed by atoms with Crippen LogP contribution in [-0.4, -0.2) is 5.91 Å². The molecule has 1 unspecified atom stereocenters. The number of amides is 1. The molecule has 1 heterocycles. The van der Waals surface area contributed by atoms with E-state index in [-0.39, 0.29) is 11.9 Å². The Bertz CT molecular complexity index is 297. The SMILES string of the molecule is Nc1ccc(C2CC(=O)N2)cc1. The van der Waals surface area contributed by atoms with Crippen LogP contribution < -0.4 is 11.1 Å². The van der Waals surface area contributed by atoms with Crippen molar-refractivity contribution in [3.05, 3.63) is 29.8 Å². The van der Waals surface area contributed by atoms with Crippen molar-refractivity contribution in [2.75, 3.05) is 5.73 Å². The summed E-state index contributed by atoms with van der Waals surface area (Å²) in [6.07, 6.45) is 0.601. The summed E-state index contributed by atoms with van der Waals surface area (Å²) in [5.74, 6) is 0.122. The highest BCUT2D eigenvalue weighted by atomic mass is 16.2. The highest BCUT2D eigenvalue weighted by Crippen LogP contribution is 2.23. The standard InChI is InChI=1S/C9H10N2O/c10-7-3-1-6(2-4-7)8-5-9(12)11-8/h1-4,8H,5,10H2,(H,11,12). The second-order valence-electron chi connectivity index (χ2n) is 2.99. The molecule has 0 spiro atoms. The van der Waals surface area contributed by atoms with E-state index in [2.05, 4.69) is 5.32 Å². The molecule has 1 aromatic carbocycles. The number of anilines is 1. The monoisotopic (exact) mass is 162 g/mol. The van der Waals surface area contributed by atoms with Crippen molar-refractivity contribution in [1.82, 2.24) is 5.32 Å². The van der Waals surface area contributed by atoms with Gasteiger partial charge in [0.1, 0.15) is 0 Å². The van der Waals surface area contributed by atoms with Crippen molar-refractivity contribution in [3.8, 4) is 0 Å². The van der Waals surface area contributed by atoms with Crippen LogP contribution in [0.4, 0.5) is 5.69 Å². The van der Waals surface area contributed by atoms with Gasteiger partial charge in [-0.1, -0.05) is 12.1 Å². The van der Waals surface area contributed by atoms with Gasteiger partial charge < -0.3 is 11.1 Å². The lowest BCUT2D eigenvalue weighted by Crippen LogP contribution is -2.41. The fourth-order valence-electron chi connectivity index (χ4n) is 1.29. The van der Waals surface area contributed by atoms with E-state index in [1.165, 1.54) is 0 Å². The number of nitrogens with two attached hydrogens (primary N) is 1. The van der Waals surface area contributed by atoms with Crippen LogP contribution >= 0.6 is 0 Å². The molecule has 1 fully saturated rings. The highest BCUT2D eigenvalue weighted by Gasteiger charge is 2.26. The smallest absolute Gasteiger partial charge is 0.222 e. The van der Waals surface area contributed by atoms with Crippen LogP contribution in [0.5, 0.6) is 0 Å². The molecule has 0 aliphatic carbocycles. The van der Waals surface area contributed by atoms with E-state index in [9.17, 15) is 4.79 Å². The van der Waals surface area contributed by atoms with Crippen molar-refractivity contribution in [2.45, 2.75) is 12.5 Å². The Kier molecular flexibility index (Phi) is 1.50. The lowest BCUT2D eigenvalue weighted by atomic mass is 9.97. The molecule has 2 rings (SSSR count). The van der Waals surface area contributed by atoms with Crippen molar-refractivity contribution < 1.29 is 4.79 Å². The minimum Gasteiger partial charge on any atom is -0.399 e. The third-order valence-electron chi connectivity index (χ3n) is 2.06. The molecule has 12 heavy (non-hydrogen) atoms. The zero-order chi connectivity index (χ0) is 8.55. The van der Waals surface area contributed by atoms with Crippen molar-refractivity contribution in [2.24, 2.45) is 0 Å². The molecule has 1 aromatic rings. The Balaban J connectivity index is 2.14. The third-order valence-corrected chi connectivity index (χ3v) is 2.06. The molecule has 1 aliphatic heterocycles. The van der Waals surface area contributed by atoms with Crippen molar-refractivity contribution in [3.63, 3.8) is 0 Å². The average Bonchev–Trinajstić information content (AvgIpc) is 2.01. The number of nitrogen functional groups attached to an aromatic ring is 1. The zero-order valence-electron chi connectivity index (χ0n) is 6.58. The van der Waals surface area contributed by atoms with E-state index in [1.807, 2.05) is 24.3 Å². The van der Waals surface area contributed by atoms with Crippen molar-refractivity contribution in [1.29, 1.82) is 0 Å². The molecule has 3 heteroatoms. The summed E-state index contributed by atoms with van der Waals surface area (Å²) in [6, 6.07) is 7.79. The number of rotatable bonds is 1. The Hall–Kier alpha value is -1.51. The van der Waals surface area contributed by atoms with Crippen LogP contribution in [0.1, 0.15) is 18.0 Å². The van der Waals surface area contributed by atoms with E-state index in [0.29, 0.717) is 6.42 Å². The largest absolute Gasteiger partial charge is 0.399 e. The molecule has 1 saturated heterocycles. The Morgan fingerprint density at radius 1 is 1.33 bits per heavy atom.